The van der Waals surface area contributed by atoms with Gasteiger partial charge in [-0.05, 0) is 60.0 Å². The summed E-state index contributed by atoms with van der Waals surface area (Å²) in [5, 5.41) is 16.2. The lowest BCUT2D eigenvalue weighted by atomic mass is 10.1. The number of hydrogen-bond acceptors (Lipinski definition) is 5. The quantitative estimate of drug-likeness (QED) is 0.374. The van der Waals surface area contributed by atoms with Gasteiger partial charge in [-0.3, -0.25) is 9.36 Å². The Kier molecular flexibility index (Phi) is 5.67. The molecule has 0 saturated carbocycles. The number of nitrogens with zero attached hydrogens (tertiary/aromatic N) is 1. The van der Waals surface area contributed by atoms with E-state index in [-0.39, 0.29) is 10.9 Å². The smallest absolute Gasteiger partial charge is 0.331 e. The second-order valence-corrected chi connectivity index (χ2v) is 8.51. The molecule has 2 aromatic carbocycles. The second kappa shape index (κ2) is 8.41. The van der Waals surface area contributed by atoms with Gasteiger partial charge in [0.25, 0.3) is 5.56 Å². The minimum atomic E-state index is -1.03. The predicted molar refractivity (Wildman–Crippen MR) is 122 cm³/mol. The van der Waals surface area contributed by atoms with Gasteiger partial charge in [0.05, 0.1) is 15.4 Å². The van der Waals surface area contributed by atoms with Crippen LogP contribution in [0.1, 0.15) is 10.9 Å². The Balaban J connectivity index is 1.65. The molecule has 0 saturated heterocycles. The number of carboxylic acid groups (broad SMARTS) is 1. The molecule has 0 spiro atoms. The highest BCUT2D eigenvalue weighted by Gasteiger charge is 2.21. The molecule has 0 fully saturated rings. The Morgan fingerprint density at radius 2 is 1.90 bits per heavy atom. The number of aromatic nitrogens is 1. The summed E-state index contributed by atoms with van der Waals surface area (Å²) < 4.78 is 16.1. The molecule has 6 nitrogen and oxygen atoms in total. The van der Waals surface area contributed by atoms with E-state index in [0.717, 1.165) is 0 Å². The van der Waals surface area contributed by atoms with Crippen molar-refractivity contribution in [2.24, 2.45) is 0 Å². The number of carbonyl (C=O) groups is 1. The lowest BCUT2D eigenvalue weighted by Crippen LogP contribution is -2.20. The van der Waals surface area contributed by atoms with Crippen LogP contribution in [0.4, 0.5) is 15.8 Å². The number of hydrogen-bond donors (Lipinski definition) is 3. The molecule has 158 valence electrons. The van der Waals surface area contributed by atoms with Gasteiger partial charge in [0.1, 0.15) is 5.82 Å². The number of pyridine rings is 1. The summed E-state index contributed by atoms with van der Waals surface area (Å²) in [5.41, 5.74) is 1.11. The molecule has 1 unspecified atom stereocenters. The largest absolute Gasteiger partial charge is 0.479 e. The number of fused-ring (bicyclic) bond motifs is 1. The van der Waals surface area contributed by atoms with Gasteiger partial charge in [0, 0.05) is 29.5 Å². The number of anilines is 2. The van der Waals surface area contributed by atoms with Gasteiger partial charge in [-0.15, -0.1) is 11.3 Å². The van der Waals surface area contributed by atoms with Crippen molar-refractivity contribution >= 4 is 51.1 Å². The van der Waals surface area contributed by atoms with Crippen LogP contribution in [0.5, 0.6) is 0 Å². The van der Waals surface area contributed by atoms with Gasteiger partial charge < -0.3 is 15.7 Å². The number of rotatable bonds is 6. The van der Waals surface area contributed by atoms with E-state index in [1.807, 2.05) is 0 Å². The highest BCUT2D eigenvalue weighted by molar-refractivity contribution is 7.16. The molecule has 0 radical (unpaired) electrons. The van der Waals surface area contributed by atoms with Crippen molar-refractivity contribution in [3.63, 3.8) is 0 Å². The molecule has 0 bridgehead atoms. The standard InChI is InChI=1S/C22H17ClFN3O3S/c1-25-17-10-12-8-9-27(21(28)15(12)11-16(17)24)14-4-2-13(3-5-14)26-20(22(29)30)18-6-7-19(23)31-18/h2-11,20,25-26H,1H3,(H,29,30). The molecule has 0 aliphatic heterocycles. The van der Waals surface area contributed by atoms with E-state index in [0.29, 0.717) is 31.7 Å². The summed E-state index contributed by atoms with van der Waals surface area (Å²) in [6, 6.07) is 13.7. The van der Waals surface area contributed by atoms with Gasteiger partial charge in [-0.25, -0.2) is 9.18 Å². The maximum atomic E-state index is 14.1. The average Bonchev–Trinajstić information content (AvgIpc) is 3.18. The summed E-state index contributed by atoms with van der Waals surface area (Å²) in [4.78, 5) is 25.1. The fraction of sp³-hybridized carbons (Fsp3) is 0.0909. The second-order valence-electron chi connectivity index (χ2n) is 6.76. The van der Waals surface area contributed by atoms with Gasteiger partial charge in [-0.2, -0.15) is 0 Å². The zero-order valence-electron chi connectivity index (χ0n) is 16.2. The van der Waals surface area contributed by atoms with Crippen molar-refractivity contribution in [1.82, 2.24) is 4.57 Å². The molecule has 0 aliphatic rings. The third-order valence-electron chi connectivity index (χ3n) is 4.84. The van der Waals surface area contributed by atoms with Gasteiger partial charge in [0.15, 0.2) is 6.04 Å². The molecular weight excluding hydrogens is 441 g/mol. The molecule has 0 aliphatic carbocycles. The Hall–Kier alpha value is -3.36. The first kappa shape index (κ1) is 20.9. The third-order valence-corrected chi connectivity index (χ3v) is 6.14. The van der Waals surface area contributed by atoms with Crippen LogP contribution in [-0.4, -0.2) is 22.7 Å². The summed E-state index contributed by atoms with van der Waals surface area (Å²) in [5.74, 6) is -1.53. The summed E-state index contributed by atoms with van der Waals surface area (Å²) >= 11 is 7.11. The Labute approximate surface area is 185 Å². The maximum Gasteiger partial charge on any atom is 0.331 e. The molecule has 9 heteroatoms. The van der Waals surface area contributed by atoms with E-state index in [1.165, 1.54) is 22.0 Å². The molecule has 2 heterocycles. The molecule has 4 aromatic rings. The molecule has 4 rings (SSSR count). The Morgan fingerprint density at radius 1 is 1.16 bits per heavy atom. The number of thiophene rings is 1. The summed E-state index contributed by atoms with van der Waals surface area (Å²) in [6.45, 7) is 0. The van der Waals surface area contributed by atoms with E-state index in [9.17, 15) is 19.1 Å². The van der Waals surface area contributed by atoms with E-state index in [4.69, 9.17) is 11.6 Å². The molecular formula is C22H17ClFN3O3S. The first-order valence-corrected chi connectivity index (χ1v) is 10.4. The fourth-order valence-electron chi connectivity index (χ4n) is 3.28. The normalized spacial score (nSPS) is 12.0. The number of benzene rings is 2. The minimum Gasteiger partial charge on any atom is -0.479 e. The van der Waals surface area contributed by atoms with E-state index in [2.05, 4.69) is 10.6 Å². The van der Waals surface area contributed by atoms with Crippen LogP contribution in [0.2, 0.25) is 4.34 Å². The first-order valence-electron chi connectivity index (χ1n) is 9.25. The number of aliphatic carboxylic acids is 1. The summed E-state index contributed by atoms with van der Waals surface area (Å²) in [7, 11) is 1.61. The molecule has 0 amide bonds. The molecule has 1 atom stereocenters. The maximum absolute atomic E-state index is 14.1. The van der Waals surface area contributed by atoms with Crippen molar-refractivity contribution in [2.45, 2.75) is 6.04 Å². The van der Waals surface area contributed by atoms with E-state index < -0.39 is 17.8 Å². The van der Waals surface area contributed by atoms with Crippen LogP contribution >= 0.6 is 22.9 Å². The Morgan fingerprint density at radius 3 is 2.52 bits per heavy atom. The van der Waals surface area contributed by atoms with E-state index in [1.54, 1.807) is 61.8 Å². The highest BCUT2D eigenvalue weighted by Crippen LogP contribution is 2.30. The van der Waals surface area contributed by atoms with Gasteiger partial charge in [-0.1, -0.05) is 11.6 Å². The van der Waals surface area contributed by atoms with Crippen LogP contribution < -0.4 is 16.2 Å². The van der Waals surface area contributed by atoms with Crippen LogP contribution in [0.15, 0.2) is 65.6 Å². The van der Waals surface area contributed by atoms with Gasteiger partial charge in [0.2, 0.25) is 0 Å². The topological polar surface area (TPSA) is 83.4 Å². The zero-order valence-corrected chi connectivity index (χ0v) is 17.8. The van der Waals surface area contributed by atoms with Crippen molar-refractivity contribution < 1.29 is 14.3 Å². The van der Waals surface area contributed by atoms with Crippen molar-refractivity contribution in [3.05, 3.63) is 86.2 Å². The number of carboxylic acids is 1. The van der Waals surface area contributed by atoms with Crippen LogP contribution in [0.25, 0.3) is 16.5 Å². The lowest BCUT2D eigenvalue weighted by molar-refractivity contribution is -0.138. The van der Waals surface area contributed by atoms with Crippen LogP contribution in [0, 0.1) is 5.82 Å². The van der Waals surface area contributed by atoms with Gasteiger partial charge >= 0.3 is 5.97 Å². The summed E-state index contributed by atoms with van der Waals surface area (Å²) in [6.07, 6.45) is 1.62. The third kappa shape index (κ3) is 4.12. The number of nitrogens with one attached hydrogen (secondary N) is 2. The average molecular weight is 458 g/mol. The Bertz CT molecular complexity index is 1330. The lowest BCUT2D eigenvalue weighted by Gasteiger charge is -2.15. The fourth-order valence-corrected chi connectivity index (χ4v) is 4.39. The molecule has 31 heavy (non-hydrogen) atoms. The van der Waals surface area contributed by atoms with Crippen molar-refractivity contribution in [2.75, 3.05) is 17.7 Å². The SMILES string of the molecule is CNc1cc2ccn(-c3ccc(NC(C(=O)O)c4ccc(Cl)s4)cc3)c(=O)c2cc1F. The minimum absolute atomic E-state index is 0.265. The zero-order chi connectivity index (χ0) is 22.1. The van der Waals surface area contributed by atoms with Crippen LogP contribution in [-0.2, 0) is 4.79 Å². The molecule has 3 N–H and O–H groups in total. The predicted octanol–water partition coefficient (Wildman–Crippen LogP) is 5.12. The highest BCUT2D eigenvalue weighted by atomic mass is 35.5. The van der Waals surface area contributed by atoms with E-state index >= 15 is 0 Å². The monoisotopic (exact) mass is 457 g/mol. The van der Waals surface area contributed by atoms with Crippen LogP contribution in [0.3, 0.4) is 0 Å². The number of halogens is 2. The molecule has 2 aromatic heterocycles. The van der Waals surface area contributed by atoms with Crippen molar-refractivity contribution in [3.8, 4) is 5.69 Å². The first-order chi connectivity index (χ1) is 14.9. The van der Waals surface area contributed by atoms with Crippen molar-refractivity contribution in [1.29, 1.82) is 0 Å².